The van der Waals surface area contributed by atoms with E-state index in [4.69, 9.17) is 0 Å². The zero-order chi connectivity index (χ0) is 11.1. The van der Waals surface area contributed by atoms with Crippen molar-refractivity contribution in [3.8, 4) is 0 Å². The third kappa shape index (κ3) is 1.21. The molecule has 1 aliphatic heterocycles. The predicted molar refractivity (Wildman–Crippen MR) is 58.2 cm³/mol. The molecule has 1 saturated heterocycles. The van der Waals surface area contributed by atoms with Gasteiger partial charge in [-0.2, -0.15) is 14.8 Å². The first-order chi connectivity index (χ1) is 7.77. The normalized spacial score (nSPS) is 15.2. The van der Waals surface area contributed by atoms with Gasteiger partial charge < -0.3 is 4.90 Å². The molecule has 1 aliphatic rings. The lowest BCUT2D eigenvalue weighted by Gasteiger charge is -2.30. The van der Waals surface area contributed by atoms with Crippen molar-refractivity contribution >= 4 is 11.4 Å². The third-order valence-electron chi connectivity index (χ3n) is 2.95. The fourth-order valence-corrected chi connectivity index (χ4v) is 1.95. The van der Waals surface area contributed by atoms with Crippen molar-refractivity contribution in [3.05, 3.63) is 29.6 Å². The number of aromatic nitrogens is 3. The van der Waals surface area contributed by atoms with E-state index in [0.717, 1.165) is 30.7 Å². The number of hydrogen-bond donors (Lipinski definition) is 0. The van der Waals surface area contributed by atoms with E-state index in [1.165, 1.54) is 4.63 Å². The van der Waals surface area contributed by atoms with Crippen LogP contribution in [0.4, 0.5) is 0 Å². The Morgan fingerprint density at radius 2 is 2.25 bits per heavy atom. The molecule has 2 aromatic rings. The largest absolute Gasteiger partial charge is 0.338 e. The van der Waals surface area contributed by atoms with E-state index in [1.807, 2.05) is 24.0 Å². The van der Waals surface area contributed by atoms with Crippen LogP contribution in [0, 0.1) is 6.92 Å². The molecular weight excluding hydrogens is 204 g/mol. The van der Waals surface area contributed by atoms with Crippen molar-refractivity contribution in [2.24, 2.45) is 0 Å². The van der Waals surface area contributed by atoms with E-state index in [1.54, 1.807) is 6.20 Å². The Kier molecular flexibility index (Phi) is 1.92. The van der Waals surface area contributed by atoms with Crippen molar-refractivity contribution in [2.75, 3.05) is 13.1 Å². The van der Waals surface area contributed by atoms with Crippen LogP contribution in [0.1, 0.15) is 22.5 Å². The Hall–Kier alpha value is -1.91. The van der Waals surface area contributed by atoms with Gasteiger partial charge in [-0.1, -0.05) is 0 Å². The number of aryl methyl sites for hydroxylation is 1. The van der Waals surface area contributed by atoms with Gasteiger partial charge in [0.25, 0.3) is 5.91 Å². The molecule has 2 aromatic heterocycles. The lowest BCUT2D eigenvalue weighted by Crippen LogP contribution is -2.42. The molecule has 1 fully saturated rings. The average Bonchev–Trinajstić information content (AvgIpc) is 2.50. The summed E-state index contributed by atoms with van der Waals surface area (Å²) in [5, 5.41) is 8.32. The van der Waals surface area contributed by atoms with E-state index < -0.39 is 0 Å². The molecule has 5 nitrogen and oxygen atoms in total. The maximum Gasteiger partial charge on any atom is 0.258 e. The zero-order valence-corrected chi connectivity index (χ0v) is 9.05. The summed E-state index contributed by atoms with van der Waals surface area (Å²) in [5.41, 5.74) is 2.22. The lowest BCUT2D eigenvalue weighted by atomic mass is 10.1. The molecular formula is C11H12N4O. The highest BCUT2D eigenvalue weighted by Crippen LogP contribution is 2.19. The van der Waals surface area contributed by atoms with Crippen LogP contribution < -0.4 is 0 Å². The summed E-state index contributed by atoms with van der Waals surface area (Å²) in [6.45, 7) is 3.56. The maximum absolute atomic E-state index is 12.2. The van der Waals surface area contributed by atoms with Gasteiger partial charge >= 0.3 is 0 Å². The van der Waals surface area contributed by atoms with Crippen molar-refractivity contribution in [3.63, 3.8) is 0 Å². The molecule has 0 unspecified atom stereocenters. The first-order valence-electron chi connectivity index (χ1n) is 5.37. The first-order valence-corrected chi connectivity index (χ1v) is 5.37. The van der Waals surface area contributed by atoms with Crippen LogP contribution in [-0.2, 0) is 0 Å². The second-order valence-corrected chi connectivity index (χ2v) is 4.00. The zero-order valence-electron chi connectivity index (χ0n) is 9.05. The number of hydrogen-bond acceptors (Lipinski definition) is 3. The summed E-state index contributed by atoms with van der Waals surface area (Å²) in [5.74, 6) is 0.0757. The van der Waals surface area contributed by atoms with Gasteiger partial charge in [-0.25, -0.2) is 0 Å². The number of likely N-dealkylation sites (tertiary alicyclic amines) is 1. The second-order valence-electron chi connectivity index (χ2n) is 4.00. The summed E-state index contributed by atoms with van der Waals surface area (Å²) < 4.78 is 1.52. The first kappa shape index (κ1) is 9.33. The van der Waals surface area contributed by atoms with E-state index in [0.29, 0.717) is 5.56 Å². The average molecular weight is 216 g/mol. The van der Waals surface area contributed by atoms with Crippen molar-refractivity contribution < 1.29 is 4.79 Å². The van der Waals surface area contributed by atoms with E-state index in [2.05, 4.69) is 10.2 Å². The van der Waals surface area contributed by atoms with Gasteiger partial charge in [0.15, 0.2) is 0 Å². The van der Waals surface area contributed by atoms with Crippen LogP contribution in [-0.4, -0.2) is 38.7 Å². The Morgan fingerprint density at radius 3 is 2.94 bits per heavy atom. The molecule has 1 amide bonds. The molecule has 0 atom stereocenters. The Labute approximate surface area is 92.7 Å². The number of amides is 1. The van der Waals surface area contributed by atoms with E-state index >= 15 is 0 Å². The third-order valence-corrected chi connectivity index (χ3v) is 2.95. The Balaban J connectivity index is 2.14. The predicted octanol–water partition coefficient (Wildman–Crippen LogP) is 0.884. The van der Waals surface area contributed by atoms with Crippen LogP contribution in [0.5, 0.6) is 0 Å². The number of nitrogens with zero attached hydrogens (tertiary/aromatic N) is 4. The van der Waals surface area contributed by atoms with Gasteiger partial charge in [-0.05, 0) is 25.5 Å². The van der Waals surface area contributed by atoms with Crippen LogP contribution in [0.2, 0.25) is 0 Å². The van der Waals surface area contributed by atoms with Crippen LogP contribution in [0.25, 0.3) is 5.52 Å². The summed E-state index contributed by atoms with van der Waals surface area (Å²) in [6, 6.07) is 3.70. The molecule has 0 aliphatic carbocycles. The molecule has 5 heteroatoms. The monoisotopic (exact) mass is 216 g/mol. The molecule has 0 N–H and O–H groups in total. The van der Waals surface area contributed by atoms with Crippen LogP contribution >= 0.6 is 0 Å². The number of rotatable bonds is 1. The highest BCUT2D eigenvalue weighted by molar-refractivity contribution is 6.02. The van der Waals surface area contributed by atoms with Gasteiger partial charge in [-0.3, -0.25) is 4.79 Å². The highest BCUT2D eigenvalue weighted by atomic mass is 16.2. The van der Waals surface area contributed by atoms with Crippen molar-refractivity contribution in [1.82, 2.24) is 19.7 Å². The van der Waals surface area contributed by atoms with Crippen molar-refractivity contribution in [2.45, 2.75) is 13.3 Å². The summed E-state index contributed by atoms with van der Waals surface area (Å²) in [6.07, 6.45) is 2.76. The quantitative estimate of drug-likeness (QED) is 0.711. The van der Waals surface area contributed by atoms with Crippen LogP contribution in [0.15, 0.2) is 18.3 Å². The molecule has 3 rings (SSSR count). The maximum atomic E-state index is 12.2. The smallest absolute Gasteiger partial charge is 0.258 e. The van der Waals surface area contributed by atoms with E-state index in [9.17, 15) is 4.79 Å². The molecule has 0 radical (unpaired) electrons. The number of carbonyl (C=O) groups excluding carboxylic acids is 1. The van der Waals surface area contributed by atoms with Crippen molar-refractivity contribution in [1.29, 1.82) is 0 Å². The molecule has 16 heavy (non-hydrogen) atoms. The minimum atomic E-state index is 0.0757. The topological polar surface area (TPSA) is 50.5 Å². The molecule has 0 aromatic carbocycles. The minimum Gasteiger partial charge on any atom is -0.338 e. The fraction of sp³-hybridized carbons (Fsp3) is 0.364. The Bertz CT molecular complexity index is 556. The van der Waals surface area contributed by atoms with E-state index in [-0.39, 0.29) is 5.91 Å². The molecule has 82 valence electrons. The minimum absolute atomic E-state index is 0.0757. The summed E-state index contributed by atoms with van der Waals surface area (Å²) in [4.78, 5) is 14.0. The molecule has 0 saturated carbocycles. The SMILES string of the molecule is Cc1nn2ncccc2c1C(=O)N1CCC1. The highest BCUT2D eigenvalue weighted by Gasteiger charge is 2.26. The van der Waals surface area contributed by atoms with Gasteiger partial charge in [-0.15, -0.1) is 0 Å². The van der Waals surface area contributed by atoms with Crippen LogP contribution in [0.3, 0.4) is 0 Å². The number of carbonyl (C=O) groups is 1. The van der Waals surface area contributed by atoms with Gasteiger partial charge in [0, 0.05) is 19.3 Å². The fourth-order valence-electron chi connectivity index (χ4n) is 1.95. The number of fused-ring (bicyclic) bond motifs is 1. The summed E-state index contributed by atoms with van der Waals surface area (Å²) >= 11 is 0. The molecule has 0 spiro atoms. The molecule has 3 heterocycles. The standard InChI is InChI=1S/C11H12N4O/c1-8-10(11(16)14-6-3-7-14)9-4-2-5-12-15(9)13-8/h2,4-5H,3,6-7H2,1H3. The molecule has 0 bridgehead atoms. The van der Waals surface area contributed by atoms with Gasteiger partial charge in [0.2, 0.25) is 0 Å². The Morgan fingerprint density at radius 1 is 1.44 bits per heavy atom. The summed E-state index contributed by atoms with van der Waals surface area (Å²) in [7, 11) is 0. The van der Waals surface area contributed by atoms with Gasteiger partial charge in [0.05, 0.1) is 11.3 Å². The lowest BCUT2D eigenvalue weighted by molar-refractivity contribution is 0.0653. The second kappa shape index (κ2) is 3.30. The van der Waals surface area contributed by atoms with Gasteiger partial charge in [0.1, 0.15) is 5.52 Å².